The zero-order valence-corrected chi connectivity index (χ0v) is 10.7. The number of nitrogens with zero attached hydrogens (tertiary/aromatic N) is 2. The standard InChI is InChI=1S/C12H18N4O2/c1-15-5-3-12(4-6-15)11(17)14-9-8(16(12)2)7-18-10(9)13/h7H,3-6,13H2,1-2H3,(H,14,17). The molecule has 0 aromatic carbocycles. The highest BCUT2D eigenvalue weighted by Crippen LogP contribution is 2.44. The van der Waals surface area contributed by atoms with Crippen molar-refractivity contribution >= 4 is 23.2 Å². The average molecular weight is 250 g/mol. The second-order valence-corrected chi connectivity index (χ2v) is 5.21. The first-order chi connectivity index (χ1) is 8.54. The Hall–Kier alpha value is -1.69. The van der Waals surface area contributed by atoms with Crippen LogP contribution in [0, 0.1) is 0 Å². The van der Waals surface area contributed by atoms with Crippen LogP contribution in [0.15, 0.2) is 10.7 Å². The number of likely N-dealkylation sites (N-methyl/N-ethyl adjacent to an activating group) is 1. The SMILES string of the molecule is CN1CCC2(CC1)C(=O)Nc1c(coc1N)N2C. The lowest BCUT2D eigenvalue weighted by Gasteiger charge is -2.48. The molecule has 98 valence electrons. The van der Waals surface area contributed by atoms with Crippen LogP contribution < -0.4 is 16.0 Å². The number of nitrogen functional groups attached to an aromatic ring is 1. The molecule has 1 aromatic heterocycles. The van der Waals surface area contributed by atoms with E-state index in [0.29, 0.717) is 5.69 Å². The fraction of sp³-hybridized carbons (Fsp3) is 0.583. The van der Waals surface area contributed by atoms with E-state index in [1.807, 2.05) is 11.9 Å². The largest absolute Gasteiger partial charge is 0.445 e. The molecule has 0 aliphatic carbocycles. The van der Waals surface area contributed by atoms with Gasteiger partial charge in [-0.3, -0.25) is 4.79 Å². The van der Waals surface area contributed by atoms with Crippen molar-refractivity contribution in [3.8, 4) is 0 Å². The van der Waals surface area contributed by atoms with Crippen molar-refractivity contribution in [1.29, 1.82) is 0 Å². The summed E-state index contributed by atoms with van der Waals surface area (Å²) in [5.74, 6) is 0.298. The normalized spacial score (nSPS) is 23.0. The molecule has 1 saturated heterocycles. The monoisotopic (exact) mass is 250 g/mol. The lowest BCUT2D eigenvalue weighted by Crippen LogP contribution is -2.62. The third kappa shape index (κ3) is 1.35. The molecule has 1 amide bonds. The third-order valence-corrected chi connectivity index (χ3v) is 4.28. The fourth-order valence-corrected chi connectivity index (χ4v) is 2.90. The number of furan rings is 1. The molecule has 0 unspecified atom stereocenters. The Labute approximate surface area is 106 Å². The first-order valence-electron chi connectivity index (χ1n) is 6.15. The summed E-state index contributed by atoms with van der Waals surface area (Å²) in [4.78, 5) is 16.7. The molecule has 0 atom stereocenters. The quantitative estimate of drug-likeness (QED) is 0.709. The molecule has 1 fully saturated rings. The van der Waals surface area contributed by atoms with Crippen molar-refractivity contribution in [1.82, 2.24) is 4.90 Å². The van der Waals surface area contributed by atoms with Crippen molar-refractivity contribution in [3.05, 3.63) is 6.26 Å². The molecule has 18 heavy (non-hydrogen) atoms. The number of rotatable bonds is 0. The molecular formula is C12H18N4O2. The maximum atomic E-state index is 12.4. The number of carbonyl (C=O) groups excluding carboxylic acids is 1. The highest BCUT2D eigenvalue weighted by molar-refractivity contribution is 6.08. The number of anilines is 3. The summed E-state index contributed by atoms with van der Waals surface area (Å²) < 4.78 is 5.20. The summed E-state index contributed by atoms with van der Waals surface area (Å²) in [5, 5.41) is 2.90. The molecule has 6 nitrogen and oxygen atoms in total. The number of nitrogens with two attached hydrogens (primary N) is 1. The fourth-order valence-electron chi connectivity index (χ4n) is 2.90. The van der Waals surface area contributed by atoms with Gasteiger partial charge in [-0.25, -0.2) is 0 Å². The summed E-state index contributed by atoms with van der Waals surface area (Å²) in [6.07, 6.45) is 3.25. The van der Waals surface area contributed by atoms with E-state index in [9.17, 15) is 4.79 Å². The summed E-state index contributed by atoms with van der Waals surface area (Å²) in [5.41, 5.74) is 6.72. The number of hydrogen-bond donors (Lipinski definition) is 2. The van der Waals surface area contributed by atoms with Crippen molar-refractivity contribution in [3.63, 3.8) is 0 Å². The van der Waals surface area contributed by atoms with Crippen molar-refractivity contribution in [2.75, 3.05) is 43.1 Å². The molecular weight excluding hydrogens is 232 g/mol. The van der Waals surface area contributed by atoms with E-state index in [0.717, 1.165) is 31.6 Å². The summed E-state index contributed by atoms with van der Waals surface area (Å²) in [7, 11) is 4.02. The maximum Gasteiger partial charge on any atom is 0.250 e. The van der Waals surface area contributed by atoms with Crippen molar-refractivity contribution < 1.29 is 9.21 Å². The van der Waals surface area contributed by atoms with Crippen LogP contribution in [-0.2, 0) is 4.79 Å². The second-order valence-electron chi connectivity index (χ2n) is 5.21. The van der Waals surface area contributed by atoms with Gasteiger partial charge in [0.1, 0.15) is 23.2 Å². The number of piperidine rings is 1. The van der Waals surface area contributed by atoms with Crippen LogP contribution in [-0.4, -0.2) is 43.5 Å². The minimum Gasteiger partial charge on any atom is -0.445 e. The van der Waals surface area contributed by atoms with Crippen LogP contribution in [0.2, 0.25) is 0 Å². The number of amides is 1. The van der Waals surface area contributed by atoms with E-state index in [2.05, 4.69) is 17.3 Å². The number of nitrogens with one attached hydrogen (secondary N) is 1. The van der Waals surface area contributed by atoms with Gasteiger partial charge in [-0.05, 0) is 19.9 Å². The van der Waals surface area contributed by atoms with Crippen LogP contribution in [0.3, 0.4) is 0 Å². The molecule has 0 saturated carbocycles. The molecule has 0 radical (unpaired) electrons. The Morgan fingerprint density at radius 3 is 2.72 bits per heavy atom. The molecule has 1 aromatic rings. The Bertz CT molecular complexity index is 488. The topological polar surface area (TPSA) is 74.7 Å². The van der Waals surface area contributed by atoms with Gasteiger partial charge in [0.05, 0.1) is 0 Å². The van der Waals surface area contributed by atoms with E-state index in [-0.39, 0.29) is 11.8 Å². The molecule has 3 rings (SSSR count). The average Bonchev–Trinajstić information content (AvgIpc) is 2.71. The minimum absolute atomic E-state index is 0.0266. The van der Waals surface area contributed by atoms with Gasteiger partial charge in [0, 0.05) is 20.1 Å². The van der Waals surface area contributed by atoms with E-state index < -0.39 is 5.54 Å². The van der Waals surface area contributed by atoms with Crippen LogP contribution >= 0.6 is 0 Å². The van der Waals surface area contributed by atoms with Crippen LogP contribution in [0.4, 0.5) is 17.3 Å². The van der Waals surface area contributed by atoms with Gasteiger partial charge in [0.2, 0.25) is 5.88 Å². The lowest BCUT2D eigenvalue weighted by molar-refractivity contribution is -0.123. The predicted molar refractivity (Wildman–Crippen MR) is 69.6 cm³/mol. The van der Waals surface area contributed by atoms with Gasteiger partial charge in [0.15, 0.2) is 0 Å². The first kappa shape index (κ1) is 11.4. The Balaban J connectivity index is 2.00. The summed E-state index contributed by atoms with van der Waals surface area (Å²) in [6.45, 7) is 1.83. The number of likely N-dealkylation sites (tertiary alicyclic amines) is 1. The molecule has 3 heterocycles. The van der Waals surface area contributed by atoms with Crippen LogP contribution in [0.25, 0.3) is 0 Å². The molecule has 0 bridgehead atoms. The van der Waals surface area contributed by atoms with Crippen molar-refractivity contribution in [2.45, 2.75) is 18.4 Å². The third-order valence-electron chi connectivity index (χ3n) is 4.28. The van der Waals surface area contributed by atoms with Gasteiger partial charge in [-0.1, -0.05) is 0 Å². The smallest absolute Gasteiger partial charge is 0.250 e. The highest BCUT2D eigenvalue weighted by atomic mass is 16.3. The maximum absolute atomic E-state index is 12.4. The zero-order chi connectivity index (χ0) is 12.9. The van der Waals surface area contributed by atoms with Crippen molar-refractivity contribution in [2.24, 2.45) is 0 Å². The van der Waals surface area contributed by atoms with Crippen LogP contribution in [0.5, 0.6) is 0 Å². The first-order valence-corrected chi connectivity index (χ1v) is 6.15. The lowest BCUT2D eigenvalue weighted by atomic mass is 9.83. The van der Waals surface area contributed by atoms with E-state index in [4.69, 9.17) is 10.2 Å². The van der Waals surface area contributed by atoms with E-state index >= 15 is 0 Å². The number of fused-ring (bicyclic) bond motifs is 1. The second kappa shape index (κ2) is 3.65. The molecule has 3 N–H and O–H groups in total. The molecule has 6 heteroatoms. The van der Waals surface area contributed by atoms with Crippen LogP contribution in [0.1, 0.15) is 12.8 Å². The Kier molecular flexibility index (Phi) is 2.31. The number of carbonyl (C=O) groups is 1. The summed E-state index contributed by atoms with van der Waals surface area (Å²) >= 11 is 0. The van der Waals surface area contributed by atoms with Gasteiger partial charge in [0.25, 0.3) is 5.91 Å². The summed E-state index contributed by atoms with van der Waals surface area (Å²) in [6, 6.07) is 0. The minimum atomic E-state index is -0.462. The van der Waals surface area contributed by atoms with Gasteiger partial charge >= 0.3 is 0 Å². The van der Waals surface area contributed by atoms with E-state index in [1.54, 1.807) is 6.26 Å². The molecule has 1 spiro atoms. The van der Waals surface area contributed by atoms with Gasteiger partial charge < -0.3 is 25.3 Å². The number of hydrogen-bond acceptors (Lipinski definition) is 5. The molecule has 2 aliphatic rings. The van der Waals surface area contributed by atoms with Gasteiger partial charge in [-0.2, -0.15) is 0 Å². The highest BCUT2D eigenvalue weighted by Gasteiger charge is 2.48. The predicted octanol–water partition coefficient (Wildman–Crippen LogP) is 0.714. The molecule has 2 aliphatic heterocycles. The van der Waals surface area contributed by atoms with Gasteiger partial charge in [-0.15, -0.1) is 0 Å². The Morgan fingerprint density at radius 1 is 1.39 bits per heavy atom. The zero-order valence-electron chi connectivity index (χ0n) is 10.7. The van der Waals surface area contributed by atoms with E-state index in [1.165, 1.54) is 0 Å². The Morgan fingerprint density at radius 2 is 2.06 bits per heavy atom.